The van der Waals surface area contributed by atoms with E-state index >= 15 is 0 Å². The fourth-order valence-electron chi connectivity index (χ4n) is 3.91. The van der Waals surface area contributed by atoms with Crippen LogP contribution in [0.4, 0.5) is 0 Å². The second kappa shape index (κ2) is 16.9. The van der Waals surface area contributed by atoms with E-state index in [2.05, 4.69) is 6.92 Å². The molecular formula is C26H44O8. The van der Waals surface area contributed by atoms with Crippen LogP contribution in [0, 0.1) is 0 Å². The van der Waals surface area contributed by atoms with Crippen LogP contribution in [-0.2, 0) is 38.1 Å². The number of hydrogen-bond donors (Lipinski definition) is 0. The quantitative estimate of drug-likeness (QED) is 0.100. The molecule has 0 aromatic rings. The van der Waals surface area contributed by atoms with Crippen LogP contribution in [0.5, 0.6) is 0 Å². The summed E-state index contributed by atoms with van der Waals surface area (Å²) < 4.78 is 26.2. The first-order valence-electron chi connectivity index (χ1n) is 13.2. The zero-order chi connectivity index (χ0) is 24.6. The zero-order valence-corrected chi connectivity index (χ0v) is 21.1. The van der Waals surface area contributed by atoms with Gasteiger partial charge in [-0.3, -0.25) is 14.4 Å². The highest BCUT2D eigenvalue weighted by Gasteiger charge is 2.32. The van der Waals surface area contributed by atoms with Gasteiger partial charge in [-0.2, -0.15) is 0 Å². The highest BCUT2D eigenvalue weighted by atomic mass is 16.6. The summed E-state index contributed by atoms with van der Waals surface area (Å²) >= 11 is 0. The van der Waals surface area contributed by atoms with Gasteiger partial charge in [-0.15, -0.1) is 0 Å². The third-order valence-corrected chi connectivity index (χ3v) is 6.22. The minimum Gasteiger partial charge on any atom is -0.462 e. The third kappa shape index (κ3) is 15.3. The van der Waals surface area contributed by atoms with Gasteiger partial charge in [0.05, 0.1) is 24.9 Å². The van der Waals surface area contributed by atoms with Gasteiger partial charge in [0, 0.05) is 19.8 Å². The van der Waals surface area contributed by atoms with Gasteiger partial charge in [0.25, 0.3) is 0 Å². The lowest BCUT2D eigenvalue weighted by Crippen LogP contribution is -2.30. The molecule has 2 aliphatic rings. The second-order valence-corrected chi connectivity index (χ2v) is 9.55. The Morgan fingerprint density at radius 3 is 1.91 bits per heavy atom. The summed E-state index contributed by atoms with van der Waals surface area (Å²) in [5, 5.41) is 0. The molecule has 8 nitrogen and oxygen atoms in total. The third-order valence-electron chi connectivity index (χ3n) is 6.22. The number of rotatable bonds is 21. The smallest absolute Gasteiger partial charge is 0.306 e. The van der Waals surface area contributed by atoms with E-state index < -0.39 is 12.1 Å². The van der Waals surface area contributed by atoms with Crippen LogP contribution in [-0.4, -0.2) is 62.1 Å². The first kappa shape index (κ1) is 28.6. The molecule has 0 bridgehead atoms. The Bertz CT molecular complexity index is 604. The van der Waals surface area contributed by atoms with Crippen LogP contribution in [0.15, 0.2) is 0 Å². The number of carbonyl (C=O) groups excluding carboxylic acids is 3. The summed E-state index contributed by atoms with van der Waals surface area (Å²) in [7, 11) is 0. The number of hydrogen-bond acceptors (Lipinski definition) is 8. The molecule has 2 rings (SSSR count). The lowest BCUT2D eigenvalue weighted by Gasteiger charge is -2.17. The normalized spacial score (nSPS) is 21.5. The molecule has 0 N–H and O–H groups in total. The van der Waals surface area contributed by atoms with E-state index in [1.807, 2.05) is 0 Å². The van der Waals surface area contributed by atoms with Gasteiger partial charge in [0.2, 0.25) is 0 Å². The van der Waals surface area contributed by atoms with E-state index in [-0.39, 0.29) is 25.2 Å². The Balaban J connectivity index is 1.49. The molecule has 0 aromatic heterocycles. The number of ether oxygens (including phenoxy) is 5. The molecule has 2 aliphatic heterocycles. The van der Waals surface area contributed by atoms with Gasteiger partial charge >= 0.3 is 17.9 Å². The second-order valence-electron chi connectivity index (χ2n) is 9.55. The van der Waals surface area contributed by atoms with Crippen molar-refractivity contribution in [3.63, 3.8) is 0 Å². The van der Waals surface area contributed by atoms with Gasteiger partial charge in [0.15, 0.2) is 6.10 Å². The molecule has 0 amide bonds. The highest BCUT2D eigenvalue weighted by molar-refractivity contribution is 5.70. The van der Waals surface area contributed by atoms with Gasteiger partial charge in [-0.1, -0.05) is 51.4 Å². The van der Waals surface area contributed by atoms with E-state index in [9.17, 15) is 14.4 Å². The Hall–Kier alpha value is -1.67. The first-order chi connectivity index (χ1) is 16.4. The van der Waals surface area contributed by atoms with E-state index in [0.29, 0.717) is 31.2 Å². The minimum absolute atomic E-state index is 0.0966. The lowest BCUT2D eigenvalue weighted by molar-refractivity contribution is -0.166. The maximum absolute atomic E-state index is 12.2. The summed E-state index contributed by atoms with van der Waals surface area (Å²) in [6, 6.07) is 0. The number of esters is 3. The molecule has 2 heterocycles. The summed E-state index contributed by atoms with van der Waals surface area (Å²) in [6.07, 6.45) is 13.8. The predicted molar refractivity (Wildman–Crippen MR) is 126 cm³/mol. The topological polar surface area (TPSA) is 104 Å². The maximum atomic E-state index is 12.2. The van der Waals surface area contributed by atoms with Crippen LogP contribution in [0.2, 0.25) is 0 Å². The van der Waals surface area contributed by atoms with Crippen LogP contribution >= 0.6 is 0 Å². The summed E-state index contributed by atoms with van der Waals surface area (Å²) in [6.45, 7) is 4.09. The largest absolute Gasteiger partial charge is 0.462 e. The van der Waals surface area contributed by atoms with Crippen molar-refractivity contribution >= 4 is 17.9 Å². The van der Waals surface area contributed by atoms with Crippen LogP contribution in [0.1, 0.15) is 104 Å². The molecule has 4 unspecified atom stereocenters. The van der Waals surface area contributed by atoms with E-state index in [0.717, 1.165) is 70.8 Å². The van der Waals surface area contributed by atoms with Gasteiger partial charge < -0.3 is 23.7 Å². The van der Waals surface area contributed by atoms with E-state index in [1.54, 1.807) is 0 Å². The average molecular weight is 485 g/mol. The number of carbonyl (C=O) groups is 3. The summed E-state index contributed by atoms with van der Waals surface area (Å²) in [5.74, 6) is -1.14. The Labute approximate surface area is 204 Å². The molecule has 0 saturated carbocycles. The van der Waals surface area contributed by atoms with Crippen molar-refractivity contribution in [1.82, 2.24) is 0 Å². The number of unbranched alkanes of at least 4 members (excludes halogenated alkanes) is 8. The molecule has 0 aromatic carbocycles. The Morgan fingerprint density at radius 2 is 1.32 bits per heavy atom. The SMILES string of the molecule is CC(=O)OCC(COC(=O)CCCCCCCC1OC1C)OC(=O)CCCCCCCC1CO1. The molecular weight excluding hydrogens is 440 g/mol. The van der Waals surface area contributed by atoms with Crippen molar-refractivity contribution in [2.75, 3.05) is 19.8 Å². The predicted octanol–water partition coefficient (Wildman–Crippen LogP) is 4.65. The zero-order valence-electron chi connectivity index (χ0n) is 21.1. The van der Waals surface area contributed by atoms with Gasteiger partial charge in [-0.05, 0) is 32.6 Å². The van der Waals surface area contributed by atoms with Crippen molar-refractivity contribution < 1.29 is 38.1 Å². The summed E-state index contributed by atoms with van der Waals surface area (Å²) in [4.78, 5) is 35.3. The molecule has 4 atom stereocenters. The van der Waals surface area contributed by atoms with E-state index in [4.69, 9.17) is 23.7 Å². The fourth-order valence-corrected chi connectivity index (χ4v) is 3.91. The average Bonchev–Trinajstić information content (AvgIpc) is 3.73. The minimum atomic E-state index is -0.772. The maximum Gasteiger partial charge on any atom is 0.306 e. The molecule has 196 valence electrons. The molecule has 34 heavy (non-hydrogen) atoms. The molecule has 2 fully saturated rings. The van der Waals surface area contributed by atoms with Crippen LogP contribution < -0.4 is 0 Å². The van der Waals surface area contributed by atoms with Crippen molar-refractivity contribution in [2.45, 2.75) is 128 Å². The van der Waals surface area contributed by atoms with Crippen LogP contribution in [0.25, 0.3) is 0 Å². The highest BCUT2D eigenvalue weighted by Crippen LogP contribution is 2.26. The molecule has 8 heteroatoms. The van der Waals surface area contributed by atoms with E-state index in [1.165, 1.54) is 19.8 Å². The first-order valence-corrected chi connectivity index (χ1v) is 13.2. The fraction of sp³-hybridized carbons (Fsp3) is 0.885. The molecule has 2 saturated heterocycles. The molecule has 0 aliphatic carbocycles. The molecule has 0 radical (unpaired) electrons. The Morgan fingerprint density at radius 1 is 0.794 bits per heavy atom. The summed E-state index contributed by atoms with van der Waals surface area (Å²) in [5.41, 5.74) is 0. The molecule has 0 spiro atoms. The van der Waals surface area contributed by atoms with Crippen molar-refractivity contribution in [1.29, 1.82) is 0 Å². The van der Waals surface area contributed by atoms with Gasteiger partial charge in [0.1, 0.15) is 13.2 Å². The standard InChI is InChI=1S/C26H44O8/c1-20-24(33-20)14-10-6-4-7-11-15-25(28)32-19-23(18-30-21(2)27)34-26(29)16-12-8-3-5-9-13-22-17-31-22/h20,22-24H,3-19H2,1-2H3. The monoisotopic (exact) mass is 484 g/mol. The van der Waals surface area contributed by atoms with Gasteiger partial charge in [-0.25, -0.2) is 0 Å². The number of epoxide rings is 2. The lowest BCUT2D eigenvalue weighted by atomic mass is 10.1. The van der Waals surface area contributed by atoms with Crippen LogP contribution in [0.3, 0.4) is 0 Å². The van der Waals surface area contributed by atoms with Crippen molar-refractivity contribution in [3.05, 3.63) is 0 Å². The van der Waals surface area contributed by atoms with Crippen molar-refractivity contribution in [3.8, 4) is 0 Å². The van der Waals surface area contributed by atoms with Crippen molar-refractivity contribution in [2.24, 2.45) is 0 Å². The Kier molecular flexibility index (Phi) is 14.2.